The molecule has 0 aliphatic carbocycles. The molecule has 2 aromatic carbocycles. The minimum Gasteiger partial charge on any atom is -0.325 e. The van der Waals surface area contributed by atoms with Crippen LogP contribution in [0.1, 0.15) is 44.6 Å². The summed E-state index contributed by atoms with van der Waals surface area (Å²) in [6.07, 6.45) is 0. The van der Waals surface area contributed by atoms with Gasteiger partial charge in [0.15, 0.2) is 5.16 Å². The third-order valence-corrected chi connectivity index (χ3v) is 5.84. The van der Waals surface area contributed by atoms with Crippen molar-refractivity contribution in [3.05, 3.63) is 71.5 Å². The standard InChI is InChI=1S/C23H28N4OS/c1-16(21(28)24-20-13-11-19(12-14-20)23(3,4)5)29-22-26-25-17(2)27(22)15-18-9-7-6-8-10-18/h6-14,16H,15H2,1-5H3,(H,24,28). The van der Waals surface area contributed by atoms with Gasteiger partial charge in [-0.2, -0.15) is 0 Å². The van der Waals surface area contributed by atoms with Crippen LogP contribution in [0.2, 0.25) is 0 Å². The van der Waals surface area contributed by atoms with E-state index in [4.69, 9.17) is 0 Å². The van der Waals surface area contributed by atoms with Crippen molar-refractivity contribution in [3.8, 4) is 0 Å². The van der Waals surface area contributed by atoms with Gasteiger partial charge in [0.1, 0.15) is 5.82 Å². The monoisotopic (exact) mass is 408 g/mol. The van der Waals surface area contributed by atoms with Crippen LogP contribution in [0.5, 0.6) is 0 Å². The molecule has 0 aliphatic heterocycles. The summed E-state index contributed by atoms with van der Waals surface area (Å²) >= 11 is 1.42. The topological polar surface area (TPSA) is 59.8 Å². The lowest BCUT2D eigenvalue weighted by molar-refractivity contribution is -0.115. The molecule has 5 nitrogen and oxygen atoms in total. The summed E-state index contributed by atoms with van der Waals surface area (Å²) in [7, 11) is 0. The van der Waals surface area contributed by atoms with Crippen molar-refractivity contribution >= 4 is 23.4 Å². The molecule has 0 saturated carbocycles. The van der Waals surface area contributed by atoms with Crippen molar-refractivity contribution in [3.63, 3.8) is 0 Å². The van der Waals surface area contributed by atoms with E-state index in [0.717, 1.165) is 16.7 Å². The summed E-state index contributed by atoms with van der Waals surface area (Å²) in [5.74, 6) is 0.784. The summed E-state index contributed by atoms with van der Waals surface area (Å²) in [6, 6.07) is 18.2. The fourth-order valence-electron chi connectivity index (χ4n) is 2.91. The van der Waals surface area contributed by atoms with Crippen LogP contribution in [0.3, 0.4) is 0 Å². The molecule has 1 unspecified atom stereocenters. The first kappa shape index (κ1) is 21.1. The number of carbonyl (C=O) groups is 1. The van der Waals surface area contributed by atoms with Gasteiger partial charge in [-0.15, -0.1) is 10.2 Å². The third kappa shape index (κ3) is 5.48. The third-order valence-electron chi connectivity index (χ3n) is 4.76. The summed E-state index contributed by atoms with van der Waals surface area (Å²) in [4.78, 5) is 12.7. The number of aryl methyl sites for hydroxylation is 1. The maximum absolute atomic E-state index is 12.7. The van der Waals surface area contributed by atoms with Gasteiger partial charge in [0.05, 0.1) is 11.8 Å². The fourth-order valence-corrected chi connectivity index (χ4v) is 3.80. The molecule has 3 aromatic rings. The Morgan fingerprint density at radius 2 is 1.72 bits per heavy atom. The van der Waals surface area contributed by atoms with Gasteiger partial charge in [0.25, 0.3) is 0 Å². The minimum atomic E-state index is -0.296. The van der Waals surface area contributed by atoms with Gasteiger partial charge < -0.3 is 9.88 Å². The molecular weight excluding hydrogens is 380 g/mol. The number of hydrogen-bond donors (Lipinski definition) is 1. The number of carbonyl (C=O) groups excluding carboxylic acids is 1. The Labute approximate surface area is 176 Å². The number of nitrogens with zero attached hydrogens (tertiary/aromatic N) is 3. The zero-order valence-corrected chi connectivity index (χ0v) is 18.5. The summed E-state index contributed by atoms with van der Waals surface area (Å²) in [5.41, 5.74) is 3.31. The van der Waals surface area contributed by atoms with Crippen molar-refractivity contribution < 1.29 is 4.79 Å². The number of thioether (sulfide) groups is 1. The average molecular weight is 409 g/mol. The lowest BCUT2D eigenvalue weighted by Crippen LogP contribution is -2.23. The van der Waals surface area contributed by atoms with Gasteiger partial charge in [0.2, 0.25) is 5.91 Å². The van der Waals surface area contributed by atoms with E-state index >= 15 is 0 Å². The van der Waals surface area contributed by atoms with Crippen LogP contribution in [0, 0.1) is 6.92 Å². The molecule has 3 rings (SSSR count). The first-order chi connectivity index (χ1) is 13.7. The van der Waals surface area contributed by atoms with E-state index in [1.807, 2.05) is 48.7 Å². The minimum absolute atomic E-state index is 0.0505. The number of benzene rings is 2. The van der Waals surface area contributed by atoms with Crippen molar-refractivity contribution in [1.82, 2.24) is 14.8 Å². The zero-order chi connectivity index (χ0) is 21.0. The summed E-state index contributed by atoms with van der Waals surface area (Å²) in [6.45, 7) is 11.0. The van der Waals surface area contributed by atoms with E-state index in [-0.39, 0.29) is 16.6 Å². The number of rotatable bonds is 6. The van der Waals surface area contributed by atoms with Crippen LogP contribution in [0.15, 0.2) is 59.8 Å². The number of anilines is 1. The Bertz CT molecular complexity index is 959. The van der Waals surface area contributed by atoms with Crippen LogP contribution in [-0.2, 0) is 16.8 Å². The number of nitrogens with one attached hydrogen (secondary N) is 1. The lowest BCUT2D eigenvalue weighted by atomic mass is 9.87. The first-order valence-electron chi connectivity index (χ1n) is 9.76. The quantitative estimate of drug-likeness (QED) is 0.580. The molecule has 6 heteroatoms. The van der Waals surface area contributed by atoms with Gasteiger partial charge in [-0.1, -0.05) is 75.0 Å². The molecule has 1 aromatic heterocycles. The highest BCUT2D eigenvalue weighted by Crippen LogP contribution is 2.26. The molecule has 1 heterocycles. The van der Waals surface area contributed by atoms with Crippen molar-refractivity contribution in [2.45, 2.75) is 57.0 Å². The highest BCUT2D eigenvalue weighted by atomic mass is 32.2. The highest BCUT2D eigenvalue weighted by molar-refractivity contribution is 8.00. The van der Waals surface area contributed by atoms with Gasteiger partial charge >= 0.3 is 0 Å². The molecule has 1 amide bonds. The largest absolute Gasteiger partial charge is 0.325 e. The molecule has 0 fully saturated rings. The van der Waals surface area contributed by atoms with Gasteiger partial charge in [0, 0.05) is 5.69 Å². The zero-order valence-electron chi connectivity index (χ0n) is 17.6. The second kappa shape index (κ2) is 8.82. The highest BCUT2D eigenvalue weighted by Gasteiger charge is 2.20. The van der Waals surface area contributed by atoms with Crippen LogP contribution < -0.4 is 5.32 Å². The average Bonchev–Trinajstić information content (AvgIpc) is 3.02. The Kier molecular flexibility index (Phi) is 6.42. The molecule has 0 spiro atoms. The van der Waals surface area contributed by atoms with Crippen LogP contribution in [-0.4, -0.2) is 25.9 Å². The molecule has 0 aliphatic rings. The Hall–Kier alpha value is -2.60. The van der Waals surface area contributed by atoms with Crippen molar-refractivity contribution in [2.24, 2.45) is 0 Å². The maximum atomic E-state index is 12.7. The Morgan fingerprint density at radius 3 is 2.34 bits per heavy atom. The van der Waals surface area contributed by atoms with Crippen LogP contribution in [0.4, 0.5) is 5.69 Å². The van der Waals surface area contributed by atoms with Gasteiger partial charge in [-0.25, -0.2) is 0 Å². The van der Waals surface area contributed by atoms with Gasteiger partial charge in [-0.3, -0.25) is 4.79 Å². The molecular formula is C23H28N4OS. The van der Waals surface area contributed by atoms with E-state index in [9.17, 15) is 4.79 Å². The van der Waals surface area contributed by atoms with E-state index in [2.05, 4.69) is 60.6 Å². The fraction of sp³-hybridized carbons (Fsp3) is 0.348. The summed E-state index contributed by atoms with van der Waals surface area (Å²) in [5, 5.41) is 11.9. The maximum Gasteiger partial charge on any atom is 0.237 e. The SMILES string of the molecule is Cc1nnc(SC(C)C(=O)Nc2ccc(C(C)(C)C)cc2)n1Cc1ccccc1. The number of hydrogen-bond acceptors (Lipinski definition) is 4. The lowest BCUT2D eigenvalue weighted by Gasteiger charge is -2.19. The predicted octanol–water partition coefficient (Wildman–Crippen LogP) is 5.05. The molecule has 1 N–H and O–H groups in total. The molecule has 29 heavy (non-hydrogen) atoms. The molecule has 0 saturated heterocycles. The molecule has 0 radical (unpaired) electrons. The smallest absolute Gasteiger partial charge is 0.237 e. The van der Waals surface area contributed by atoms with E-state index < -0.39 is 0 Å². The second-order valence-electron chi connectivity index (χ2n) is 8.18. The van der Waals surface area contributed by atoms with Crippen molar-refractivity contribution in [2.75, 3.05) is 5.32 Å². The van der Waals surface area contributed by atoms with E-state index in [0.29, 0.717) is 6.54 Å². The second-order valence-corrected chi connectivity index (χ2v) is 9.49. The van der Waals surface area contributed by atoms with E-state index in [1.54, 1.807) is 0 Å². The molecule has 1 atom stereocenters. The Morgan fingerprint density at radius 1 is 1.07 bits per heavy atom. The summed E-state index contributed by atoms with van der Waals surface area (Å²) < 4.78 is 2.04. The molecule has 152 valence electrons. The molecule has 0 bridgehead atoms. The normalized spacial score (nSPS) is 12.6. The van der Waals surface area contributed by atoms with E-state index in [1.165, 1.54) is 22.9 Å². The first-order valence-corrected chi connectivity index (χ1v) is 10.6. The Balaban J connectivity index is 1.66. The van der Waals surface area contributed by atoms with Crippen molar-refractivity contribution in [1.29, 1.82) is 0 Å². The van der Waals surface area contributed by atoms with Gasteiger partial charge in [-0.05, 0) is 42.5 Å². The number of amides is 1. The predicted molar refractivity (Wildman–Crippen MR) is 119 cm³/mol. The van der Waals surface area contributed by atoms with Crippen LogP contribution >= 0.6 is 11.8 Å². The number of aromatic nitrogens is 3. The van der Waals surface area contributed by atoms with Crippen LogP contribution in [0.25, 0.3) is 0 Å².